The van der Waals surface area contributed by atoms with E-state index in [0.717, 1.165) is 4.68 Å². The third-order valence-corrected chi connectivity index (χ3v) is 3.81. The fourth-order valence-corrected chi connectivity index (χ4v) is 2.47. The Morgan fingerprint density at radius 2 is 2.13 bits per heavy atom. The molecular formula is C14H16N4O4S. The number of nitrogens with one attached hydrogen (secondary N) is 1. The summed E-state index contributed by atoms with van der Waals surface area (Å²) in [5.74, 6) is -1.10. The molecule has 9 heteroatoms. The van der Waals surface area contributed by atoms with Gasteiger partial charge in [-0.1, -0.05) is 17.3 Å². The van der Waals surface area contributed by atoms with Crippen LogP contribution in [0.1, 0.15) is 6.42 Å². The van der Waals surface area contributed by atoms with Crippen LogP contribution in [-0.4, -0.2) is 50.0 Å². The van der Waals surface area contributed by atoms with Gasteiger partial charge in [0.25, 0.3) is 5.56 Å². The van der Waals surface area contributed by atoms with E-state index in [1.807, 2.05) is 6.26 Å². The molecule has 0 radical (unpaired) electrons. The lowest BCUT2D eigenvalue weighted by Gasteiger charge is -2.14. The number of rotatable bonds is 7. The Bertz CT molecular complexity index is 777. The average Bonchev–Trinajstić information content (AvgIpc) is 2.54. The van der Waals surface area contributed by atoms with E-state index in [2.05, 4.69) is 15.6 Å². The third kappa shape index (κ3) is 4.28. The topological polar surface area (TPSA) is 114 Å². The van der Waals surface area contributed by atoms with Crippen molar-refractivity contribution in [2.24, 2.45) is 0 Å². The maximum atomic E-state index is 12.2. The predicted octanol–water partition coefficient (Wildman–Crippen LogP) is 0.114. The second kappa shape index (κ2) is 7.73. The Labute approximate surface area is 135 Å². The summed E-state index contributed by atoms with van der Waals surface area (Å²) in [6.45, 7) is -0.375. The second-order valence-electron chi connectivity index (χ2n) is 4.81. The summed E-state index contributed by atoms with van der Waals surface area (Å²) in [6.07, 6.45) is 2.16. The second-order valence-corrected chi connectivity index (χ2v) is 5.79. The molecule has 1 aromatic carbocycles. The molecule has 1 amide bonds. The van der Waals surface area contributed by atoms with Crippen molar-refractivity contribution in [2.45, 2.75) is 19.0 Å². The van der Waals surface area contributed by atoms with Crippen LogP contribution in [0.15, 0.2) is 29.1 Å². The number of aliphatic carboxylic acids is 1. The van der Waals surface area contributed by atoms with Gasteiger partial charge in [0.1, 0.15) is 18.1 Å². The summed E-state index contributed by atoms with van der Waals surface area (Å²) in [4.78, 5) is 35.3. The summed E-state index contributed by atoms with van der Waals surface area (Å²) in [6, 6.07) is 5.69. The Morgan fingerprint density at radius 3 is 2.83 bits per heavy atom. The highest BCUT2D eigenvalue weighted by Crippen LogP contribution is 2.04. The number of carboxylic acids is 1. The van der Waals surface area contributed by atoms with Gasteiger partial charge in [0, 0.05) is 0 Å². The standard InChI is InChI=1S/C14H16N4O4S/c1-23-7-6-11(14(21)22)15-12(19)8-18-13(20)9-4-2-3-5-10(9)16-17-18/h2-5,11H,6-8H2,1H3,(H,15,19)(H,21,22). The van der Waals surface area contributed by atoms with E-state index in [9.17, 15) is 14.4 Å². The number of nitrogens with zero attached hydrogens (tertiary/aromatic N) is 3. The molecule has 0 spiro atoms. The van der Waals surface area contributed by atoms with Crippen LogP contribution >= 0.6 is 11.8 Å². The molecule has 0 aliphatic carbocycles. The molecule has 1 aromatic heterocycles. The maximum absolute atomic E-state index is 12.2. The molecule has 1 heterocycles. The largest absolute Gasteiger partial charge is 0.480 e. The number of aromatic nitrogens is 3. The monoisotopic (exact) mass is 336 g/mol. The smallest absolute Gasteiger partial charge is 0.326 e. The number of carbonyl (C=O) groups is 2. The van der Waals surface area contributed by atoms with Crippen molar-refractivity contribution >= 4 is 34.5 Å². The highest BCUT2D eigenvalue weighted by Gasteiger charge is 2.20. The molecule has 23 heavy (non-hydrogen) atoms. The van der Waals surface area contributed by atoms with E-state index in [4.69, 9.17) is 5.11 Å². The molecule has 122 valence electrons. The summed E-state index contributed by atoms with van der Waals surface area (Å²) < 4.78 is 0.922. The first-order valence-corrected chi connectivity index (χ1v) is 8.26. The lowest BCUT2D eigenvalue weighted by atomic mass is 10.2. The van der Waals surface area contributed by atoms with Gasteiger partial charge in [-0.15, -0.1) is 5.10 Å². The molecule has 0 fully saturated rings. The molecule has 2 rings (SSSR count). The maximum Gasteiger partial charge on any atom is 0.326 e. The van der Waals surface area contributed by atoms with Crippen LogP contribution in [0, 0.1) is 0 Å². The minimum Gasteiger partial charge on any atom is -0.480 e. The quantitative estimate of drug-likeness (QED) is 0.738. The number of thioether (sulfide) groups is 1. The molecule has 1 unspecified atom stereocenters. The lowest BCUT2D eigenvalue weighted by Crippen LogP contribution is -2.44. The van der Waals surface area contributed by atoms with Gasteiger partial charge in [0.15, 0.2) is 0 Å². The number of fused-ring (bicyclic) bond motifs is 1. The SMILES string of the molecule is CSCCC(NC(=O)Cn1nnc2ccccc2c1=O)C(=O)O. The number of carbonyl (C=O) groups excluding carboxylic acids is 1. The first-order chi connectivity index (χ1) is 11.0. The van der Waals surface area contributed by atoms with Crippen LogP contribution < -0.4 is 10.9 Å². The molecule has 0 saturated heterocycles. The number of hydrogen-bond acceptors (Lipinski definition) is 6. The van der Waals surface area contributed by atoms with E-state index in [-0.39, 0.29) is 6.54 Å². The lowest BCUT2D eigenvalue weighted by molar-refractivity contribution is -0.142. The van der Waals surface area contributed by atoms with Gasteiger partial charge in [-0.05, 0) is 30.6 Å². The van der Waals surface area contributed by atoms with Crippen molar-refractivity contribution in [1.82, 2.24) is 20.3 Å². The Hall–Kier alpha value is -2.42. The van der Waals surface area contributed by atoms with Crippen LogP contribution in [0.5, 0.6) is 0 Å². The van der Waals surface area contributed by atoms with Crippen molar-refractivity contribution < 1.29 is 14.7 Å². The zero-order chi connectivity index (χ0) is 16.8. The third-order valence-electron chi connectivity index (χ3n) is 3.17. The molecular weight excluding hydrogens is 320 g/mol. The Morgan fingerprint density at radius 1 is 1.39 bits per heavy atom. The zero-order valence-corrected chi connectivity index (χ0v) is 13.2. The number of amides is 1. The predicted molar refractivity (Wildman–Crippen MR) is 86.4 cm³/mol. The van der Waals surface area contributed by atoms with Crippen molar-refractivity contribution in [3.8, 4) is 0 Å². The van der Waals surface area contributed by atoms with Crippen molar-refractivity contribution in [2.75, 3.05) is 12.0 Å². The summed E-state index contributed by atoms with van der Waals surface area (Å²) in [5.41, 5.74) is -0.000667. The van der Waals surface area contributed by atoms with Gasteiger partial charge in [0.05, 0.1) is 5.39 Å². The number of benzene rings is 1. The minimum absolute atomic E-state index is 0.306. The number of hydrogen-bond donors (Lipinski definition) is 2. The van der Waals surface area contributed by atoms with Gasteiger partial charge in [-0.2, -0.15) is 11.8 Å². The number of carboxylic acid groups (broad SMARTS) is 1. The summed E-state index contributed by atoms with van der Waals surface area (Å²) >= 11 is 1.49. The zero-order valence-electron chi connectivity index (χ0n) is 12.4. The van der Waals surface area contributed by atoms with Crippen LogP contribution in [0.2, 0.25) is 0 Å². The molecule has 0 bridgehead atoms. The van der Waals surface area contributed by atoms with Gasteiger partial charge in [0.2, 0.25) is 5.91 Å². The van der Waals surface area contributed by atoms with Gasteiger partial charge < -0.3 is 10.4 Å². The van der Waals surface area contributed by atoms with Crippen molar-refractivity contribution in [3.63, 3.8) is 0 Å². The molecule has 0 aliphatic rings. The Balaban J connectivity index is 2.12. The molecule has 2 aromatic rings. The van der Waals surface area contributed by atoms with Crippen LogP contribution in [0.25, 0.3) is 10.9 Å². The van der Waals surface area contributed by atoms with E-state index < -0.39 is 23.5 Å². The molecule has 8 nitrogen and oxygen atoms in total. The van der Waals surface area contributed by atoms with Crippen LogP contribution in [0.3, 0.4) is 0 Å². The Kier molecular flexibility index (Phi) is 5.69. The van der Waals surface area contributed by atoms with Gasteiger partial charge in [-0.3, -0.25) is 9.59 Å². The molecule has 0 aliphatic heterocycles. The average molecular weight is 336 g/mol. The van der Waals surface area contributed by atoms with Crippen LogP contribution in [-0.2, 0) is 16.1 Å². The van der Waals surface area contributed by atoms with Crippen LogP contribution in [0.4, 0.5) is 0 Å². The highest BCUT2D eigenvalue weighted by atomic mass is 32.2. The molecule has 1 atom stereocenters. The van der Waals surface area contributed by atoms with Crippen molar-refractivity contribution in [1.29, 1.82) is 0 Å². The van der Waals surface area contributed by atoms with E-state index >= 15 is 0 Å². The highest BCUT2D eigenvalue weighted by molar-refractivity contribution is 7.98. The fourth-order valence-electron chi connectivity index (χ4n) is 2.00. The molecule has 2 N–H and O–H groups in total. The van der Waals surface area contributed by atoms with Gasteiger partial charge >= 0.3 is 5.97 Å². The fraction of sp³-hybridized carbons (Fsp3) is 0.357. The van der Waals surface area contributed by atoms with E-state index in [1.165, 1.54) is 11.8 Å². The van der Waals surface area contributed by atoms with E-state index in [1.54, 1.807) is 24.3 Å². The van der Waals surface area contributed by atoms with Gasteiger partial charge in [-0.25, -0.2) is 9.48 Å². The van der Waals surface area contributed by atoms with Crippen molar-refractivity contribution in [3.05, 3.63) is 34.6 Å². The summed E-state index contributed by atoms with van der Waals surface area (Å²) in [7, 11) is 0. The van der Waals surface area contributed by atoms with E-state index in [0.29, 0.717) is 23.1 Å². The summed E-state index contributed by atoms with van der Waals surface area (Å²) in [5, 5.41) is 19.4. The normalized spacial score (nSPS) is 12.0. The first-order valence-electron chi connectivity index (χ1n) is 6.86. The minimum atomic E-state index is -1.11. The molecule has 0 saturated carbocycles. The first kappa shape index (κ1) is 16.9.